The largest absolute Gasteiger partial charge is 0.335 e. The maximum atomic E-state index is 11.7. The highest BCUT2D eigenvalue weighted by Crippen LogP contribution is 2.18. The molecule has 4 heteroatoms. The summed E-state index contributed by atoms with van der Waals surface area (Å²) in [4.78, 5) is 13.0. The molecule has 3 nitrogen and oxygen atoms in total. The van der Waals surface area contributed by atoms with E-state index in [1.165, 1.54) is 17.7 Å². The summed E-state index contributed by atoms with van der Waals surface area (Å²) in [6, 6.07) is 8.71. The first-order valence-corrected chi connectivity index (χ1v) is 8.02. The molecule has 1 aromatic rings. The molecule has 0 aromatic heterocycles. The highest BCUT2D eigenvalue weighted by Gasteiger charge is 2.16. The monoisotopic (exact) mass is 278 g/mol. The second-order valence-corrected chi connectivity index (χ2v) is 6.22. The smallest absolute Gasteiger partial charge is 0.315 e. The Hall–Kier alpha value is -1.16. The molecule has 0 atom stereocenters. The highest BCUT2D eigenvalue weighted by atomic mass is 32.2. The average Bonchev–Trinajstić information content (AvgIpc) is 2.91. The normalized spacial score (nSPS) is 15.4. The van der Waals surface area contributed by atoms with Crippen LogP contribution < -0.4 is 10.6 Å². The molecule has 1 aliphatic carbocycles. The number of carbonyl (C=O) groups is 1. The molecule has 0 bridgehead atoms. The Bertz CT molecular complexity index is 399. The van der Waals surface area contributed by atoms with Crippen molar-refractivity contribution in [1.29, 1.82) is 0 Å². The number of carbonyl (C=O) groups excluding carboxylic acids is 1. The van der Waals surface area contributed by atoms with Crippen molar-refractivity contribution < 1.29 is 4.79 Å². The van der Waals surface area contributed by atoms with Gasteiger partial charge in [0.05, 0.1) is 0 Å². The van der Waals surface area contributed by atoms with Gasteiger partial charge in [-0.3, -0.25) is 0 Å². The van der Waals surface area contributed by atoms with Gasteiger partial charge < -0.3 is 10.6 Å². The number of hydrogen-bond donors (Lipinski definition) is 2. The van der Waals surface area contributed by atoms with Crippen molar-refractivity contribution in [3.8, 4) is 0 Å². The van der Waals surface area contributed by atoms with Crippen LogP contribution in [-0.4, -0.2) is 17.8 Å². The fraction of sp³-hybridized carbons (Fsp3) is 0.533. The molecular formula is C15H22N2OS. The van der Waals surface area contributed by atoms with Gasteiger partial charge in [-0.05, 0) is 36.3 Å². The Morgan fingerprint density at radius 1 is 1.26 bits per heavy atom. The summed E-state index contributed by atoms with van der Waals surface area (Å²) in [7, 11) is 0. The number of rotatable bonds is 5. The summed E-state index contributed by atoms with van der Waals surface area (Å²) in [6.07, 6.45) is 4.72. The molecule has 0 spiro atoms. The number of amides is 2. The van der Waals surface area contributed by atoms with Crippen LogP contribution in [0.15, 0.2) is 29.2 Å². The minimum Gasteiger partial charge on any atom is -0.335 e. The van der Waals surface area contributed by atoms with E-state index in [1.54, 1.807) is 0 Å². The number of benzene rings is 1. The van der Waals surface area contributed by atoms with Gasteiger partial charge in [-0.15, -0.1) is 11.8 Å². The Kier molecular flexibility index (Phi) is 5.58. The molecule has 0 unspecified atom stereocenters. The van der Waals surface area contributed by atoms with E-state index in [2.05, 4.69) is 41.8 Å². The third kappa shape index (κ3) is 4.78. The Balaban J connectivity index is 1.73. The van der Waals surface area contributed by atoms with Crippen LogP contribution >= 0.6 is 11.8 Å². The van der Waals surface area contributed by atoms with Crippen molar-refractivity contribution in [3.05, 3.63) is 29.8 Å². The quantitative estimate of drug-likeness (QED) is 0.809. The molecule has 0 radical (unpaired) electrons. The van der Waals surface area contributed by atoms with E-state index >= 15 is 0 Å². The average molecular weight is 278 g/mol. The van der Waals surface area contributed by atoms with Gasteiger partial charge in [0.2, 0.25) is 0 Å². The lowest BCUT2D eigenvalue weighted by Gasteiger charge is -2.13. The highest BCUT2D eigenvalue weighted by molar-refractivity contribution is 7.99. The molecular weight excluding hydrogens is 256 g/mol. The molecule has 2 amide bonds. The van der Waals surface area contributed by atoms with E-state index in [0.717, 1.165) is 24.2 Å². The van der Waals surface area contributed by atoms with Gasteiger partial charge in [0.15, 0.2) is 0 Å². The van der Waals surface area contributed by atoms with Gasteiger partial charge in [0.1, 0.15) is 0 Å². The maximum absolute atomic E-state index is 11.7. The van der Waals surface area contributed by atoms with E-state index < -0.39 is 0 Å². The molecule has 2 N–H and O–H groups in total. The molecule has 1 saturated carbocycles. The third-order valence-corrected chi connectivity index (χ3v) is 4.27. The van der Waals surface area contributed by atoms with E-state index in [4.69, 9.17) is 0 Å². The molecule has 1 aliphatic rings. The van der Waals surface area contributed by atoms with Gasteiger partial charge in [-0.2, -0.15) is 0 Å². The van der Waals surface area contributed by atoms with Gasteiger partial charge >= 0.3 is 6.03 Å². The second kappa shape index (κ2) is 7.43. The van der Waals surface area contributed by atoms with Crippen molar-refractivity contribution in [2.75, 3.05) is 5.75 Å². The van der Waals surface area contributed by atoms with Crippen molar-refractivity contribution in [2.24, 2.45) is 0 Å². The zero-order valence-electron chi connectivity index (χ0n) is 11.4. The summed E-state index contributed by atoms with van der Waals surface area (Å²) in [5, 5.41) is 5.95. The second-order valence-electron chi connectivity index (χ2n) is 4.89. The summed E-state index contributed by atoms with van der Waals surface area (Å²) >= 11 is 1.83. The van der Waals surface area contributed by atoms with E-state index in [0.29, 0.717) is 12.6 Å². The van der Waals surface area contributed by atoms with E-state index in [1.807, 2.05) is 11.8 Å². The van der Waals surface area contributed by atoms with Crippen LogP contribution in [-0.2, 0) is 6.54 Å². The first kappa shape index (κ1) is 14.3. The van der Waals surface area contributed by atoms with Crippen molar-refractivity contribution in [3.63, 3.8) is 0 Å². The van der Waals surface area contributed by atoms with Crippen molar-refractivity contribution >= 4 is 17.8 Å². The van der Waals surface area contributed by atoms with Gasteiger partial charge in [0.25, 0.3) is 0 Å². The SMILES string of the molecule is CCSc1ccc(CNC(=O)NC2CCCC2)cc1. The Morgan fingerprint density at radius 2 is 1.95 bits per heavy atom. The summed E-state index contributed by atoms with van der Waals surface area (Å²) in [5.74, 6) is 1.08. The predicted molar refractivity (Wildman–Crippen MR) is 80.5 cm³/mol. The number of urea groups is 1. The first-order chi connectivity index (χ1) is 9.28. The van der Waals surface area contributed by atoms with Crippen LogP contribution in [0.3, 0.4) is 0 Å². The lowest BCUT2D eigenvalue weighted by Crippen LogP contribution is -2.40. The topological polar surface area (TPSA) is 41.1 Å². The molecule has 104 valence electrons. The maximum Gasteiger partial charge on any atom is 0.315 e. The number of nitrogens with one attached hydrogen (secondary N) is 2. The lowest BCUT2D eigenvalue weighted by molar-refractivity contribution is 0.236. The zero-order valence-corrected chi connectivity index (χ0v) is 12.3. The van der Waals surface area contributed by atoms with Crippen molar-refractivity contribution in [1.82, 2.24) is 10.6 Å². The van der Waals surface area contributed by atoms with Gasteiger partial charge in [-0.25, -0.2) is 4.79 Å². The zero-order chi connectivity index (χ0) is 13.5. The summed E-state index contributed by atoms with van der Waals surface area (Å²) in [6.45, 7) is 2.74. The fourth-order valence-electron chi connectivity index (χ4n) is 2.36. The van der Waals surface area contributed by atoms with Crippen molar-refractivity contribution in [2.45, 2.75) is 50.1 Å². The van der Waals surface area contributed by atoms with E-state index in [9.17, 15) is 4.79 Å². The number of thioether (sulfide) groups is 1. The fourth-order valence-corrected chi connectivity index (χ4v) is 3.02. The van der Waals surface area contributed by atoms with Gasteiger partial charge in [-0.1, -0.05) is 31.9 Å². The molecule has 0 heterocycles. The summed E-state index contributed by atoms with van der Waals surface area (Å²) in [5.41, 5.74) is 1.14. The lowest BCUT2D eigenvalue weighted by atomic mass is 10.2. The van der Waals surface area contributed by atoms with Crippen LogP contribution in [0.2, 0.25) is 0 Å². The van der Waals surface area contributed by atoms with Crippen LogP contribution in [0.25, 0.3) is 0 Å². The minimum absolute atomic E-state index is 0.0427. The van der Waals surface area contributed by atoms with Crippen LogP contribution in [0.1, 0.15) is 38.2 Å². The Morgan fingerprint density at radius 3 is 2.58 bits per heavy atom. The van der Waals surface area contributed by atoms with Gasteiger partial charge in [0, 0.05) is 17.5 Å². The summed E-state index contributed by atoms with van der Waals surface area (Å²) < 4.78 is 0. The standard InChI is InChI=1S/C15H22N2OS/c1-2-19-14-9-7-12(8-10-14)11-16-15(18)17-13-5-3-4-6-13/h7-10,13H,2-6,11H2,1H3,(H2,16,17,18). The van der Waals surface area contributed by atoms with E-state index in [-0.39, 0.29) is 6.03 Å². The minimum atomic E-state index is -0.0427. The molecule has 0 saturated heterocycles. The van der Waals surface area contributed by atoms with Crippen LogP contribution in [0.5, 0.6) is 0 Å². The molecule has 0 aliphatic heterocycles. The third-order valence-electron chi connectivity index (χ3n) is 3.38. The predicted octanol–water partition coefficient (Wildman–Crippen LogP) is 3.54. The molecule has 19 heavy (non-hydrogen) atoms. The Labute approximate surface area is 119 Å². The molecule has 1 fully saturated rings. The number of hydrogen-bond acceptors (Lipinski definition) is 2. The first-order valence-electron chi connectivity index (χ1n) is 7.04. The van der Waals surface area contributed by atoms with Crippen LogP contribution in [0, 0.1) is 0 Å². The molecule has 2 rings (SSSR count). The van der Waals surface area contributed by atoms with Crippen LogP contribution in [0.4, 0.5) is 4.79 Å². The molecule has 1 aromatic carbocycles.